The van der Waals surface area contributed by atoms with Crippen LogP contribution in [-0.2, 0) is 11.8 Å². The Kier molecular flexibility index (Phi) is 5.66. The molecule has 3 heterocycles. The first-order chi connectivity index (χ1) is 14.3. The number of carbonyl (C=O) groups is 1. The Morgan fingerprint density at radius 3 is 2.70 bits per heavy atom. The number of amides is 1. The predicted molar refractivity (Wildman–Crippen MR) is 115 cm³/mol. The molecule has 1 atom stereocenters. The van der Waals surface area contributed by atoms with Crippen LogP contribution in [0.2, 0.25) is 10.0 Å². The summed E-state index contributed by atoms with van der Waals surface area (Å²) in [6, 6.07) is 2.44. The molecule has 3 aromatic rings. The van der Waals surface area contributed by atoms with Gasteiger partial charge in [0.2, 0.25) is 17.8 Å². The van der Waals surface area contributed by atoms with Crippen LogP contribution >= 0.6 is 23.2 Å². The molecule has 1 fully saturated rings. The van der Waals surface area contributed by atoms with Gasteiger partial charge in [-0.25, -0.2) is 14.4 Å². The summed E-state index contributed by atoms with van der Waals surface area (Å²) in [5.41, 5.74) is 1.54. The fourth-order valence-corrected chi connectivity index (χ4v) is 4.05. The van der Waals surface area contributed by atoms with Gasteiger partial charge in [-0.2, -0.15) is 4.98 Å². The second-order valence-corrected chi connectivity index (χ2v) is 8.03. The van der Waals surface area contributed by atoms with Crippen LogP contribution in [0.5, 0.6) is 0 Å². The Morgan fingerprint density at radius 1 is 1.27 bits per heavy atom. The molecule has 2 N–H and O–H groups in total. The zero-order valence-electron chi connectivity index (χ0n) is 16.4. The maximum atomic E-state index is 13.4. The summed E-state index contributed by atoms with van der Waals surface area (Å²) in [7, 11) is 1.79. The third-order valence-corrected chi connectivity index (χ3v) is 5.65. The lowest BCUT2D eigenvalue weighted by Gasteiger charge is -2.32. The first-order valence-corrected chi connectivity index (χ1v) is 10.2. The smallest absolute Gasteiger partial charge is 0.225 e. The van der Waals surface area contributed by atoms with E-state index in [9.17, 15) is 9.18 Å². The normalized spacial score (nSPS) is 16.7. The average Bonchev–Trinajstić information content (AvgIpc) is 3.00. The van der Waals surface area contributed by atoms with E-state index >= 15 is 0 Å². The second-order valence-electron chi connectivity index (χ2n) is 7.21. The number of aryl methyl sites for hydroxylation is 1. The van der Waals surface area contributed by atoms with Crippen LogP contribution in [-0.4, -0.2) is 49.5 Å². The van der Waals surface area contributed by atoms with Crippen molar-refractivity contribution in [1.29, 1.82) is 0 Å². The van der Waals surface area contributed by atoms with Crippen LogP contribution in [0.4, 0.5) is 22.0 Å². The van der Waals surface area contributed by atoms with Crippen LogP contribution in [0.15, 0.2) is 18.3 Å². The van der Waals surface area contributed by atoms with E-state index < -0.39 is 5.82 Å². The van der Waals surface area contributed by atoms with Crippen LogP contribution in [0.3, 0.4) is 0 Å². The van der Waals surface area contributed by atoms with Gasteiger partial charge in [0.25, 0.3) is 0 Å². The predicted octanol–water partition coefficient (Wildman–Crippen LogP) is 3.98. The Hall–Kier alpha value is -2.65. The number of anilines is 3. The minimum atomic E-state index is -0.520. The van der Waals surface area contributed by atoms with Crippen molar-refractivity contribution in [2.24, 2.45) is 7.05 Å². The molecule has 158 valence electrons. The third-order valence-electron chi connectivity index (χ3n) is 5.06. The van der Waals surface area contributed by atoms with Crippen LogP contribution in [0, 0.1) is 5.82 Å². The molecule has 0 radical (unpaired) electrons. The van der Waals surface area contributed by atoms with Gasteiger partial charge >= 0.3 is 0 Å². The molecule has 0 saturated carbocycles. The van der Waals surface area contributed by atoms with Crippen molar-refractivity contribution in [2.45, 2.75) is 25.8 Å². The van der Waals surface area contributed by atoms with Gasteiger partial charge < -0.3 is 15.5 Å². The number of imidazole rings is 1. The minimum Gasteiger partial charge on any atom is -0.350 e. The largest absolute Gasteiger partial charge is 0.350 e. The van der Waals surface area contributed by atoms with Gasteiger partial charge in [-0.15, -0.1) is 0 Å². The molecule has 0 bridgehead atoms. The number of benzene rings is 1. The summed E-state index contributed by atoms with van der Waals surface area (Å²) in [4.78, 5) is 26.9. The molecule has 1 amide bonds. The number of rotatable bonds is 4. The average molecular weight is 452 g/mol. The number of nitrogens with one attached hydrogen (secondary N) is 2. The number of aromatic nitrogens is 4. The van der Waals surface area contributed by atoms with Gasteiger partial charge in [0, 0.05) is 33.1 Å². The molecule has 1 aliphatic rings. The number of fused-ring (bicyclic) bond motifs is 1. The molecule has 1 aliphatic heterocycles. The van der Waals surface area contributed by atoms with Gasteiger partial charge in [-0.3, -0.25) is 9.36 Å². The van der Waals surface area contributed by atoms with Crippen molar-refractivity contribution >= 4 is 57.9 Å². The van der Waals surface area contributed by atoms with E-state index in [4.69, 9.17) is 23.2 Å². The lowest BCUT2D eigenvalue weighted by atomic mass is 10.1. The summed E-state index contributed by atoms with van der Waals surface area (Å²) in [5.74, 6) is 0.448. The van der Waals surface area contributed by atoms with Crippen LogP contribution in [0.1, 0.15) is 19.8 Å². The van der Waals surface area contributed by atoms with Crippen molar-refractivity contribution in [3.05, 3.63) is 34.2 Å². The highest BCUT2D eigenvalue weighted by atomic mass is 35.5. The fraction of sp³-hybridized carbons (Fsp3) is 0.368. The van der Waals surface area contributed by atoms with E-state index in [1.807, 2.05) is 4.90 Å². The monoisotopic (exact) mass is 451 g/mol. The molecule has 0 aliphatic carbocycles. The van der Waals surface area contributed by atoms with Gasteiger partial charge in [-0.1, -0.05) is 23.2 Å². The van der Waals surface area contributed by atoms with Crippen molar-refractivity contribution in [3.63, 3.8) is 0 Å². The Balaban J connectivity index is 1.57. The Labute approximate surface area is 182 Å². The highest BCUT2D eigenvalue weighted by molar-refractivity contribution is 6.39. The molecule has 0 unspecified atom stereocenters. The second kappa shape index (κ2) is 8.23. The molecule has 11 heteroatoms. The summed E-state index contributed by atoms with van der Waals surface area (Å²) in [5, 5.41) is 6.63. The maximum absolute atomic E-state index is 13.4. The van der Waals surface area contributed by atoms with E-state index in [1.165, 1.54) is 12.1 Å². The first-order valence-electron chi connectivity index (χ1n) is 9.45. The number of piperidine rings is 1. The van der Waals surface area contributed by atoms with Crippen molar-refractivity contribution < 1.29 is 9.18 Å². The first kappa shape index (κ1) is 20.6. The molecular formula is C19H20Cl2FN7O. The summed E-state index contributed by atoms with van der Waals surface area (Å²) >= 11 is 12.2. The van der Waals surface area contributed by atoms with Crippen molar-refractivity contribution in [1.82, 2.24) is 24.4 Å². The summed E-state index contributed by atoms with van der Waals surface area (Å²) in [6.45, 7) is 2.98. The summed E-state index contributed by atoms with van der Waals surface area (Å²) in [6.07, 6.45) is 3.48. The fourth-order valence-electron chi connectivity index (χ4n) is 3.50. The number of hydrogen-bond donors (Lipinski definition) is 2. The van der Waals surface area contributed by atoms with Crippen molar-refractivity contribution in [3.8, 4) is 0 Å². The molecule has 1 saturated heterocycles. The van der Waals surface area contributed by atoms with E-state index in [1.54, 1.807) is 24.7 Å². The SMILES string of the molecule is CC(=O)N1CCC[C@@H](Nc2ncc3nc(Nc4c(Cl)cc(F)cc4Cl)n(C)c3n2)C1. The van der Waals surface area contributed by atoms with Crippen LogP contribution in [0.25, 0.3) is 11.2 Å². The number of likely N-dealkylation sites (tertiary alicyclic amines) is 1. The zero-order valence-corrected chi connectivity index (χ0v) is 17.9. The lowest BCUT2D eigenvalue weighted by Crippen LogP contribution is -2.44. The van der Waals surface area contributed by atoms with E-state index in [0.717, 1.165) is 19.4 Å². The summed E-state index contributed by atoms with van der Waals surface area (Å²) < 4.78 is 15.2. The molecule has 2 aromatic heterocycles. The number of hydrogen-bond acceptors (Lipinski definition) is 6. The van der Waals surface area contributed by atoms with E-state index in [0.29, 0.717) is 35.3 Å². The lowest BCUT2D eigenvalue weighted by molar-refractivity contribution is -0.129. The third kappa shape index (κ3) is 4.13. The van der Waals surface area contributed by atoms with Gasteiger partial charge in [0.15, 0.2) is 5.65 Å². The van der Waals surface area contributed by atoms with E-state index in [2.05, 4.69) is 25.6 Å². The maximum Gasteiger partial charge on any atom is 0.225 e. The Bertz CT molecular complexity index is 1100. The van der Waals surface area contributed by atoms with Crippen LogP contribution < -0.4 is 10.6 Å². The zero-order chi connectivity index (χ0) is 21.4. The molecule has 4 rings (SSSR count). The van der Waals surface area contributed by atoms with Gasteiger partial charge in [0.1, 0.15) is 11.3 Å². The van der Waals surface area contributed by atoms with Gasteiger partial charge in [0.05, 0.1) is 21.9 Å². The minimum absolute atomic E-state index is 0.0679. The quantitative estimate of drug-likeness (QED) is 0.623. The molecule has 30 heavy (non-hydrogen) atoms. The highest BCUT2D eigenvalue weighted by Crippen LogP contribution is 2.34. The van der Waals surface area contributed by atoms with E-state index in [-0.39, 0.29) is 22.0 Å². The standard InChI is InChI=1S/C19H20Cl2FN7O/c1-10(30)29-5-3-4-12(9-29)24-18-23-8-15-17(27-18)28(2)19(25-15)26-16-13(20)6-11(22)7-14(16)21/h6-8,12H,3-5,9H2,1-2H3,(H,25,26)(H,23,24,27)/t12-/m1/s1. The van der Waals surface area contributed by atoms with Crippen molar-refractivity contribution in [2.75, 3.05) is 23.7 Å². The number of nitrogens with zero attached hydrogens (tertiary/aromatic N) is 5. The highest BCUT2D eigenvalue weighted by Gasteiger charge is 2.22. The van der Waals surface area contributed by atoms with Gasteiger partial charge in [-0.05, 0) is 25.0 Å². The topological polar surface area (TPSA) is 88.0 Å². The molecule has 8 nitrogen and oxygen atoms in total. The Morgan fingerprint density at radius 2 is 2.00 bits per heavy atom. The molecule has 0 spiro atoms. The number of carbonyl (C=O) groups excluding carboxylic acids is 1. The number of halogens is 3. The molecular weight excluding hydrogens is 432 g/mol. The molecule has 1 aromatic carbocycles.